The lowest BCUT2D eigenvalue weighted by atomic mass is 9.77. The van der Waals surface area contributed by atoms with Gasteiger partial charge in [0.15, 0.2) is 11.6 Å². The summed E-state index contributed by atoms with van der Waals surface area (Å²) in [6.45, 7) is 8.33. The summed E-state index contributed by atoms with van der Waals surface area (Å²) in [6.07, 6.45) is 0. The summed E-state index contributed by atoms with van der Waals surface area (Å²) in [6, 6.07) is 122. The largest absolute Gasteiger partial charge is 0.498 e. The second-order valence-corrected chi connectivity index (χ2v) is 29.7. The van der Waals surface area contributed by atoms with Crippen molar-refractivity contribution in [3.8, 4) is 90.3 Å². The van der Waals surface area contributed by atoms with Crippen molar-refractivity contribution in [2.24, 2.45) is 0 Å². The lowest BCUT2D eigenvalue weighted by Gasteiger charge is -2.32. The molecule has 0 N–H and O–H groups in total. The van der Waals surface area contributed by atoms with Crippen LogP contribution >= 0.6 is 15.9 Å². The zero-order chi connectivity index (χ0) is 74.0. The molecule has 6 aromatic heterocycles. The minimum atomic E-state index is -0.531. The summed E-state index contributed by atoms with van der Waals surface area (Å²) < 4.78 is 31.8. The Bertz CT molecular complexity index is 6660. The van der Waals surface area contributed by atoms with Crippen molar-refractivity contribution in [1.82, 2.24) is 29.1 Å². The van der Waals surface area contributed by atoms with Crippen molar-refractivity contribution in [2.45, 2.75) is 46.3 Å². The highest BCUT2D eigenvalue weighted by atomic mass is 79.9. The van der Waals surface area contributed by atoms with Crippen LogP contribution in [0.25, 0.3) is 178 Å². The van der Waals surface area contributed by atoms with Gasteiger partial charge in [0, 0.05) is 112 Å². The van der Waals surface area contributed by atoms with Crippen LogP contribution in [0.3, 0.4) is 0 Å². The van der Waals surface area contributed by atoms with Gasteiger partial charge in [-0.15, -0.1) is 0 Å². The third-order valence-corrected chi connectivity index (χ3v) is 21.9. The van der Waals surface area contributed by atoms with E-state index in [-0.39, 0.29) is 15.8 Å². The smallest absolute Gasteiger partial charge is 0.456 e. The molecule has 3 radical (unpaired) electrons. The SMILES string of the molecule is Brc1cccc(-c2cc(-c3ccccc3)nc(-c3ccccc3)n2)c1.C.CC1(C)OB(c2cc(-n3c4ccccc4c4ccccc43)cc3c2oc2ccccc23)OC1(C)C.[B].c1ccc(-c2cc(-c3cccc(-c4cc(-n5c6ccccc6c6ccccc65)cc5c4oc4ccccc45)c3)nc(-c3ccccc3)n2)cc1. The lowest BCUT2D eigenvalue weighted by Crippen LogP contribution is -2.41. The molecule has 21 rings (SSSR count). The molecule has 0 atom stereocenters. The van der Waals surface area contributed by atoms with Crippen LogP contribution in [0.15, 0.2) is 365 Å². The molecule has 0 aliphatic carbocycles. The van der Waals surface area contributed by atoms with E-state index >= 15 is 0 Å². The summed E-state index contributed by atoms with van der Waals surface area (Å²) in [5.74, 6) is 1.43. The first-order valence-corrected chi connectivity index (χ1v) is 37.8. The van der Waals surface area contributed by atoms with E-state index in [9.17, 15) is 0 Å². The maximum absolute atomic E-state index is 6.65. The average Bonchev–Trinajstić information content (AvgIpc) is 1.57. The van der Waals surface area contributed by atoms with Gasteiger partial charge < -0.3 is 27.3 Å². The van der Waals surface area contributed by atoms with Gasteiger partial charge in [-0.25, -0.2) is 19.9 Å². The minimum Gasteiger partial charge on any atom is -0.456 e. The fraction of sp³-hybridized carbons (Fsp3) is 0.0707. The Balaban J connectivity index is 0.000000128. The number of halogens is 1. The maximum Gasteiger partial charge on any atom is 0.498 e. The highest BCUT2D eigenvalue weighted by Gasteiger charge is 2.53. The van der Waals surface area contributed by atoms with Gasteiger partial charge in [0.1, 0.15) is 22.3 Å². The number of aromatic nitrogens is 6. The quantitative estimate of drug-likeness (QED) is 0.125. The summed E-state index contributed by atoms with van der Waals surface area (Å²) in [5.41, 5.74) is 22.1. The van der Waals surface area contributed by atoms with E-state index in [1.807, 2.05) is 127 Å². The molecule has 1 aliphatic rings. The number of hydrogen-bond acceptors (Lipinski definition) is 8. The van der Waals surface area contributed by atoms with E-state index in [2.05, 4.69) is 277 Å². The molecule has 0 saturated carbocycles. The first kappa shape index (κ1) is 71.9. The predicted molar refractivity (Wildman–Crippen MR) is 468 cm³/mol. The molecule has 1 aliphatic heterocycles. The average molecular weight is 1510 g/mol. The van der Waals surface area contributed by atoms with Gasteiger partial charge in [0.05, 0.1) is 56.0 Å². The van der Waals surface area contributed by atoms with Gasteiger partial charge in [-0.2, -0.15) is 0 Å². The van der Waals surface area contributed by atoms with E-state index in [1.165, 1.54) is 43.6 Å². The molecule has 14 aromatic carbocycles. The van der Waals surface area contributed by atoms with E-state index in [0.717, 1.165) is 138 Å². The normalized spacial score (nSPS) is 13.0. The van der Waals surface area contributed by atoms with Crippen LogP contribution in [0.1, 0.15) is 35.1 Å². The number of benzene rings is 14. The van der Waals surface area contributed by atoms with Gasteiger partial charge >= 0.3 is 7.12 Å². The molecule has 0 unspecified atom stereocenters. The minimum absolute atomic E-state index is 0. The van der Waals surface area contributed by atoms with Crippen molar-refractivity contribution in [3.05, 3.63) is 356 Å². The molecule has 537 valence electrons. The third-order valence-electron chi connectivity index (χ3n) is 21.4. The molecular formula is C99H74B2BrN6O4. The number of furan rings is 2. The van der Waals surface area contributed by atoms with E-state index in [0.29, 0.717) is 5.82 Å². The number of nitrogens with zero attached hydrogens (tertiary/aromatic N) is 6. The Hall–Kier alpha value is -13.0. The van der Waals surface area contributed by atoms with Crippen molar-refractivity contribution in [2.75, 3.05) is 0 Å². The molecule has 20 aromatic rings. The zero-order valence-corrected chi connectivity index (χ0v) is 62.9. The van der Waals surface area contributed by atoms with E-state index in [1.54, 1.807) is 0 Å². The van der Waals surface area contributed by atoms with Crippen molar-refractivity contribution < 1.29 is 18.1 Å². The molecule has 7 heterocycles. The second kappa shape index (κ2) is 29.8. The maximum atomic E-state index is 6.65. The van der Waals surface area contributed by atoms with E-state index in [4.69, 9.17) is 38.1 Å². The molecule has 10 nitrogen and oxygen atoms in total. The summed E-state index contributed by atoms with van der Waals surface area (Å²) in [7, 11) is -0.531. The van der Waals surface area contributed by atoms with Crippen molar-refractivity contribution in [1.29, 1.82) is 0 Å². The highest BCUT2D eigenvalue weighted by molar-refractivity contribution is 9.10. The second-order valence-electron chi connectivity index (χ2n) is 28.8. The topological polar surface area (TPSA) is 106 Å². The summed E-state index contributed by atoms with van der Waals surface area (Å²) in [5, 5.41) is 9.26. The Morgan fingerprint density at radius 2 is 0.625 bits per heavy atom. The van der Waals surface area contributed by atoms with Gasteiger partial charge in [-0.3, -0.25) is 0 Å². The van der Waals surface area contributed by atoms with Crippen LogP contribution in [0.4, 0.5) is 0 Å². The highest BCUT2D eigenvalue weighted by Crippen LogP contribution is 2.44. The fourth-order valence-corrected chi connectivity index (χ4v) is 15.7. The molecule has 1 saturated heterocycles. The standard InChI is InChI=1S/C46H29N3O.C30H26BNO3.C22H15BrN2.CH4.B/c1-3-14-30(15-4-1)40-29-41(48-46(47-40)31-16-5-2-6-17-31)33-19-13-18-32(26-33)38-27-34(28-39-37-22-9-12-25-44(37)50-45(38)39)49-42-23-10-7-20-35(42)36-21-8-11-24-43(36)49;1-29(2)30(3,4)35-31(34-29)24-18-19(17-23-22-13-7-10-16-27(22)33-28(23)24)32-25-14-8-5-11-20(25)21-12-6-9-15-26(21)32;23-19-13-7-12-18(14-19)21-15-20(16-8-3-1-4-9-16)24-22(25-21)17-10-5-2-6-11-17;;/h1-29H;5-18H,1-4H3;1-15H;1H4;. The molecular weight excluding hydrogens is 1440 g/mol. The Labute approximate surface area is 660 Å². The summed E-state index contributed by atoms with van der Waals surface area (Å²) >= 11 is 3.54. The molecule has 0 bridgehead atoms. The van der Waals surface area contributed by atoms with E-state index < -0.39 is 18.3 Å². The zero-order valence-electron chi connectivity index (χ0n) is 61.3. The van der Waals surface area contributed by atoms with Crippen LogP contribution < -0.4 is 5.46 Å². The molecule has 0 spiro atoms. The predicted octanol–water partition coefficient (Wildman–Crippen LogP) is 25.6. The van der Waals surface area contributed by atoms with Crippen molar-refractivity contribution in [3.63, 3.8) is 0 Å². The van der Waals surface area contributed by atoms with Crippen molar-refractivity contribution >= 4 is 124 Å². The van der Waals surface area contributed by atoms with Gasteiger partial charge in [-0.05, 0) is 124 Å². The lowest BCUT2D eigenvalue weighted by molar-refractivity contribution is 0.00578. The molecule has 0 amide bonds. The van der Waals surface area contributed by atoms with Crippen LogP contribution in [-0.4, -0.2) is 55.8 Å². The number of hydrogen-bond donors (Lipinski definition) is 0. The van der Waals surface area contributed by atoms with Crippen LogP contribution in [-0.2, 0) is 9.31 Å². The third kappa shape index (κ3) is 13.2. The van der Waals surface area contributed by atoms with Gasteiger partial charge in [0.25, 0.3) is 0 Å². The fourth-order valence-electron chi connectivity index (χ4n) is 15.3. The van der Waals surface area contributed by atoms with Crippen LogP contribution in [0, 0.1) is 0 Å². The van der Waals surface area contributed by atoms with Crippen LogP contribution in [0.5, 0.6) is 0 Å². The molecule has 1 fully saturated rings. The van der Waals surface area contributed by atoms with Gasteiger partial charge in [0.2, 0.25) is 0 Å². The number of rotatable bonds is 10. The Morgan fingerprint density at radius 1 is 0.295 bits per heavy atom. The molecule has 13 heteroatoms. The molecule has 112 heavy (non-hydrogen) atoms. The Kier molecular flexibility index (Phi) is 19.1. The first-order chi connectivity index (χ1) is 53.9. The number of para-hydroxylation sites is 6. The number of fused-ring (bicyclic) bond motifs is 12. The monoisotopic (exact) mass is 1510 g/mol. The first-order valence-electron chi connectivity index (χ1n) is 37.0. The Morgan fingerprint density at radius 3 is 1.06 bits per heavy atom. The van der Waals surface area contributed by atoms with Crippen LogP contribution in [0.2, 0.25) is 0 Å². The van der Waals surface area contributed by atoms with Gasteiger partial charge in [-0.1, -0.05) is 284 Å². The summed E-state index contributed by atoms with van der Waals surface area (Å²) in [4.78, 5) is 19.7.